The number of hydrogen-bond donors (Lipinski definition) is 1. The van der Waals surface area contributed by atoms with Gasteiger partial charge in [-0.2, -0.15) is 4.98 Å². The Morgan fingerprint density at radius 1 is 1.30 bits per heavy atom. The molecular formula is C16H21N3O. The highest BCUT2D eigenvalue weighted by Crippen LogP contribution is 2.20. The first kappa shape index (κ1) is 13.2. The molecule has 0 saturated heterocycles. The van der Waals surface area contributed by atoms with Crippen molar-refractivity contribution in [2.45, 2.75) is 38.9 Å². The fraction of sp³-hybridized carbons (Fsp3) is 0.438. The van der Waals surface area contributed by atoms with Gasteiger partial charge >= 0.3 is 0 Å². The third-order valence-corrected chi connectivity index (χ3v) is 3.56. The molecule has 1 aliphatic rings. The first-order valence-electron chi connectivity index (χ1n) is 7.15. The number of aromatic nitrogens is 1. The normalized spacial score (nSPS) is 14.5. The predicted octanol–water partition coefficient (Wildman–Crippen LogP) is 2.87. The van der Waals surface area contributed by atoms with Crippen LogP contribution in [-0.4, -0.2) is 18.1 Å². The van der Waals surface area contributed by atoms with Gasteiger partial charge in [-0.3, -0.25) is 0 Å². The van der Waals surface area contributed by atoms with E-state index in [1.807, 2.05) is 11.9 Å². The second kappa shape index (κ2) is 5.67. The summed E-state index contributed by atoms with van der Waals surface area (Å²) in [6.45, 7) is 3.70. The number of oxazole rings is 1. The molecule has 0 amide bonds. The molecule has 0 radical (unpaired) electrons. The fourth-order valence-corrected chi connectivity index (χ4v) is 2.12. The Balaban J connectivity index is 1.58. The van der Waals surface area contributed by atoms with Crippen LogP contribution < -0.4 is 10.2 Å². The SMILES string of the molecule is Cc1ccc(CN(C)c2nc(CNC3CC3)co2)cc1. The number of benzene rings is 1. The first-order chi connectivity index (χ1) is 9.70. The van der Waals surface area contributed by atoms with E-state index in [4.69, 9.17) is 4.42 Å². The van der Waals surface area contributed by atoms with Gasteiger partial charge in [0, 0.05) is 26.2 Å². The van der Waals surface area contributed by atoms with E-state index in [-0.39, 0.29) is 0 Å². The third kappa shape index (κ3) is 3.39. The van der Waals surface area contributed by atoms with Crippen LogP contribution in [0.2, 0.25) is 0 Å². The molecule has 4 heteroatoms. The summed E-state index contributed by atoms with van der Waals surface area (Å²) in [6.07, 6.45) is 4.33. The van der Waals surface area contributed by atoms with Crippen molar-refractivity contribution in [1.29, 1.82) is 0 Å². The molecule has 106 valence electrons. The molecule has 0 unspecified atom stereocenters. The van der Waals surface area contributed by atoms with Crippen molar-refractivity contribution in [2.75, 3.05) is 11.9 Å². The van der Waals surface area contributed by atoms with E-state index in [2.05, 4.69) is 41.5 Å². The van der Waals surface area contributed by atoms with Gasteiger partial charge in [0.15, 0.2) is 0 Å². The minimum Gasteiger partial charge on any atom is -0.432 e. The zero-order valence-corrected chi connectivity index (χ0v) is 12.1. The van der Waals surface area contributed by atoms with E-state index in [9.17, 15) is 0 Å². The van der Waals surface area contributed by atoms with Crippen LogP contribution in [0.4, 0.5) is 6.01 Å². The average molecular weight is 271 g/mol. The summed E-state index contributed by atoms with van der Waals surface area (Å²) in [5.41, 5.74) is 3.51. The van der Waals surface area contributed by atoms with Crippen LogP contribution in [-0.2, 0) is 13.1 Å². The molecule has 0 spiro atoms. The van der Waals surface area contributed by atoms with Gasteiger partial charge < -0.3 is 14.6 Å². The lowest BCUT2D eigenvalue weighted by Crippen LogP contribution is -2.18. The molecule has 0 aliphatic heterocycles. The molecule has 20 heavy (non-hydrogen) atoms. The van der Waals surface area contributed by atoms with Gasteiger partial charge in [0.1, 0.15) is 6.26 Å². The van der Waals surface area contributed by atoms with E-state index in [1.54, 1.807) is 6.26 Å². The van der Waals surface area contributed by atoms with Crippen molar-refractivity contribution in [2.24, 2.45) is 0 Å². The van der Waals surface area contributed by atoms with Crippen LogP contribution in [0.1, 0.15) is 29.7 Å². The maximum Gasteiger partial charge on any atom is 0.297 e. The highest BCUT2D eigenvalue weighted by atomic mass is 16.4. The molecule has 1 fully saturated rings. The van der Waals surface area contributed by atoms with E-state index in [1.165, 1.54) is 24.0 Å². The van der Waals surface area contributed by atoms with Crippen LogP contribution in [0, 0.1) is 6.92 Å². The first-order valence-corrected chi connectivity index (χ1v) is 7.15. The van der Waals surface area contributed by atoms with Gasteiger partial charge in [-0.05, 0) is 25.3 Å². The summed E-state index contributed by atoms with van der Waals surface area (Å²) in [7, 11) is 2.00. The van der Waals surface area contributed by atoms with Gasteiger partial charge in [-0.1, -0.05) is 29.8 Å². The second-order valence-electron chi connectivity index (χ2n) is 5.62. The molecule has 4 nitrogen and oxygen atoms in total. The Hall–Kier alpha value is -1.81. The highest BCUT2D eigenvalue weighted by Gasteiger charge is 2.20. The molecule has 1 heterocycles. The van der Waals surface area contributed by atoms with Crippen molar-refractivity contribution in [1.82, 2.24) is 10.3 Å². The predicted molar refractivity (Wildman–Crippen MR) is 79.7 cm³/mol. The van der Waals surface area contributed by atoms with E-state index in [0.717, 1.165) is 18.8 Å². The number of nitrogens with one attached hydrogen (secondary N) is 1. The number of nitrogens with zero attached hydrogens (tertiary/aromatic N) is 2. The second-order valence-corrected chi connectivity index (χ2v) is 5.62. The van der Waals surface area contributed by atoms with Crippen molar-refractivity contribution >= 4 is 6.01 Å². The minimum atomic E-state index is 0.679. The molecule has 1 N–H and O–H groups in total. The molecule has 0 atom stereocenters. The number of rotatable bonds is 6. The molecule has 0 bridgehead atoms. The van der Waals surface area contributed by atoms with Gasteiger partial charge in [0.05, 0.1) is 5.69 Å². The van der Waals surface area contributed by atoms with E-state index < -0.39 is 0 Å². The smallest absolute Gasteiger partial charge is 0.297 e. The van der Waals surface area contributed by atoms with Gasteiger partial charge in [0.2, 0.25) is 0 Å². The van der Waals surface area contributed by atoms with E-state index >= 15 is 0 Å². The van der Waals surface area contributed by atoms with Gasteiger partial charge in [0.25, 0.3) is 6.01 Å². The van der Waals surface area contributed by atoms with Gasteiger partial charge in [-0.15, -0.1) is 0 Å². The van der Waals surface area contributed by atoms with Crippen LogP contribution >= 0.6 is 0 Å². The molecule has 1 aromatic carbocycles. The largest absolute Gasteiger partial charge is 0.432 e. The molecule has 2 aromatic rings. The van der Waals surface area contributed by atoms with Crippen LogP contribution in [0.3, 0.4) is 0 Å². The zero-order chi connectivity index (χ0) is 13.9. The Morgan fingerprint density at radius 3 is 2.75 bits per heavy atom. The zero-order valence-electron chi connectivity index (χ0n) is 12.1. The number of anilines is 1. The van der Waals surface area contributed by atoms with Crippen LogP contribution in [0.25, 0.3) is 0 Å². The quantitative estimate of drug-likeness (QED) is 0.877. The van der Waals surface area contributed by atoms with Crippen molar-refractivity contribution in [3.8, 4) is 0 Å². The van der Waals surface area contributed by atoms with Crippen molar-refractivity contribution in [3.63, 3.8) is 0 Å². The number of hydrogen-bond acceptors (Lipinski definition) is 4. The molecule has 1 aromatic heterocycles. The topological polar surface area (TPSA) is 41.3 Å². The third-order valence-electron chi connectivity index (χ3n) is 3.56. The molecular weight excluding hydrogens is 250 g/mol. The Bertz CT molecular complexity index is 557. The lowest BCUT2D eigenvalue weighted by Gasteiger charge is -2.14. The summed E-state index contributed by atoms with van der Waals surface area (Å²) in [6, 6.07) is 9.92. The lowest BCUT2D eigenvalue weighted by atomic mass is 10.1. The fourth-order valence-electron chi connectivity index (χ4n) is 2.12. The van der Waals surface area contributed by atoms with Crippen molar-refractivity contribution < 1.29 is 4.42 Å². The summed E-state index contributed by atoms with van der Waals surface area (Å²) in [4.78, 5) is 6.55. The average Bonchev–Trinajstić information content (AvgIpc) is 3.15. The lowest BCUT2D eigenvalue weighted by molar-refractivity contribution is 0.542. The minimum absolute atomic E-state index is 0.679. The molecule has 3 rings (SSSR count). The Morgan fingerprint density at radius 2 is 2.05 bits per heavy atom. The summed E-state index contributed by atoms with van der Waals surface area (Å²) < 4.78 is 5.55. The van der Waals surface area contributed by atoms with E-state index in [0.29, 0.717) is 12.1 Å². The van der Waals surface area contributed by atoms with Crippen LogP contribution in [0.15, 0.2) is 34.9 Å². The molecule has 1 aliphatic carbocycles. The van der Waals surface area contributed by atoms with Gasteiger partial charge in [-0.25, -0.2) is 0 Å². The summed E-state index contributed by atoms with van der Waals surface area (Å²) in [5, 5.41) is 3.44. The molecule has 1 saturated carbocycles. The maximum absolute atomic E-state index is 5.55. The maximum atomic E-state index is 5.55. The standard InChI is InChI=1S/C16H21N3O/c1-12-3-5-13(6-4-12)10-19(2)16-18-15(11-20-16)9-17-14-7-8-14/h3-6,11,14,17H,7-10H2,1-2H3. The number of aryl methyl sites for hydroxylation is 1. The summed E-state index contributed by atoms with van der Waals surface area (Å²) >= 11 is 0. The summed E-state index contributed by atoms with van der Waals surface area (Å²) in [5.74, 6) is 0. The monoisotopic (exact) mass is 271 g/mol. The Labute approximate surface area is 119 Å². The van der Waals surface area contributed by atoms with Crippen molar-refractivity contribution in [3.05, 3.63) is 47.3 Å². The van der Waals surface area contributed by atoms with Crippen LogP contribution in [0.5, 0.6) is 0 Å². The Kier molecular flexibility index (Phi) is 3.74. The highest BCUT2D eigenvalue weighted by molar-refractivity contribution is 5.30.